The average molecular weight is 350 g/mol. The monoisotopic (exact) mass is 350 g/mol. The maximum absolute atomic E-state index is 11.8. The van der Waals surface area contributed by atoms with Crippen molar-refractivity contribution >= 4 is 23.3 Å². The standard InChI is InChI=1S/C19H18N4OS/c24-18(6-5-15-3-1-9-21-13-15)22-10-2-4-19-23-17(14-25-19)16-7-11-20-12-8-16/h1,3,5-9,11-14H,2,4,10H2,(H,22,24)/b6-5+. The summed E-state index contributed by atoms with van der Waals surface area (Å²) in [4.78, 5) is 24.4. The van der Waals surface area contributed by atoms with Crippen LogP contribution in [-0.4, -0.2) is 27.4 Å². The first-order valence-electron chi connectivity index (χ1n) is 8.02. The lowest BCUT2D eigenvalue weighted by Crippen LogP contribution is -2.22. The van der Waals surface area contributed by atoms with Gasteiger partial charge < -0.3 is 5.32 Å². The number of carbonyl (C=O) groups excluding carboxylic acids is 1. The second-order valence-electron chi connectivity index (χ2n) is 5.38. The van der Waals surface area contributed by atoms with Crippen molar-refractivity contribution in [2.75, 3.05) is 6.54 Å². The lowest BCUT2D eigenvalue weighted by molar-refractivity contribution is -0.116. The summed E-state index contributed by atoms with van der Waals surface area (Å²) in [6.07, 6.45) is 11.9. The van der Waals surface area contributed by atoms with E-state index in [9.17, 15) is 4.79 Å². The third kappa shape index (κ3) is 5.32. The molecule has 0 bridgehead atoms. The van der Waals surface area contributed by atoms with Gasteiger partial charge in [0.1, 0.15) is 0 Å². The molecular formula is C19H18N4OS. The van der Waals surface area contributed by atoms with Gasteiger partial charge in [-0.3, -0.25) is 14.8 Å². The van der Waals surface area contributed by atoms with Crippen LogP contribution >= 0.6 is 11.3 Å². The van der Waals surface area contributed by atoms with Crippen LogP contribution < -0.4 is 5.32 Å². The number of amides is 1. The molecule has 0 aliphatic carbocycles. The van der Waals surface area contributed by atoms with Crippen molar-refractivity contribution in [1.82, 2.24) is 20.3 Å². The number of hydrogen-bond acceptors (Lipinski definition) is 5. The van der Waals surface area contributed by atoms with Gasteiger partial charge >= 0.3 is 0 Å². The number of nitrogens with one attached hydrogen (secondary N) is 1. The van der Waals surface area contributed by atoms with Gasteiger partial charge in [0.15, 0.2) is 0 Å². The molecule has 126 valence electrons. The SMILES string of the molecule is O=C(/C=C/c1cccnc1)NCCCc1nc(-c2ccncc2)cs1. The lowest BCUT2D eigenvalue weighted by atomic mass is 10.2. The fourth-order valence-electron chi connectivity index (χ4n) is 2.24. The zero-order valence-electron chi connectivity index (χ0n) is 13.6. The molecule has 0 aromatic carbocycles. The van der Waals surface area contributed by atoms with Crippen LogP contribution in [0.5, 0.6) is 0 Å². The average Bonchev–Trinajstić information content (AvgIpc) is 3.14. The second kappa shape index (κ2) is 8.84. The van der Waals surface area contributed by atoms with Crippen LogP contribution in [0, 0.1) is 0 Å². The quantitative estimate of drug-likeness (QED) is 0.524. The Morgan fingerprint density at radius 2 is 2.04 bits per heavy atom. The summed E-state index contributed by atoms with van der Waals surface area (Å²) in [5.74, 6) is -0.0968. The van der Waals surface area contributed by atoms with E-state index in [0.717, 1.165) is 34.7 Å². The van der Waals surface area contributed by atoms with Crippen molar-refractivity contribution in [3.63, 3.8) is 0 Å². The van der Waals surface area contributed by atoms with Gasteiger partial charge in [-0.25, -0.2) is 4.98 Å². The van der Waals surface area contributed by atoms with Gasteiger partial charge in [0, 0.05) is 54.8 Å². The van der Waals surface area contributed by atoms with Gasteiger partial charge in [-0.1, -0.05) is 6.07 Å². The van der Waals surface area contributed by atoms with Crippen LogP contribution in [0.25, 0.3) is 17.3 Å². The number of rotatable bonds is 7. The largest absolute Gasteiger partial charge is 0.353 e. The molecule has 0 radical (unpaired) electrons. The Labute approximate surface area is 150 Å². The molecule has 0 aliphatic heterocycles. The van der Waals surface area contributed by atoms with Crippen molar-refractivity contribution in [3.8, 4) is 11.3 Å². The number of aryl methyl sites for hydroxylation is 1. The maximum atomic E-state index is 11.8. The van der Waals surface area contributed by atoms with Gasteiger partial charge in [-0.2, -0.15) is 0 Å². The van der Waals surface area contributed by atoms with Gasteiger partial charge in [-0.15, -0.1) is 11.3 Å². The summed E-state index contributed by atoms with van der Waals surface area (Å²) in [6.45, 7) is 0.625. The predicted molar refractivity (Wildman–Crippen MR) is 99.9 cm³/mol. The Morgan fingerprint density at radius 3 is 2.84 bits per heavy atom. The molecule has 25 heavy (non-hydrogen) atoms. The predicted octanol–water partition coefficient (Wildman–Crippen LogP) is 3.36. The van der Waals surface area contributed by atoms with Gasteiger partial charge in [-0.05, 0) is 36.3 Å². The van der Waals surface area contributed by atoms with E-state index in [1.54, 1.807) is 42.2 Å². The summed E-state index contributed by atoms with van der Waals surface area (Å²) < 4.78 is 0. The Balaban J connectivity index is 1.41. The minimum Gasteiger partial charge on any atom is -0.353 e. The van der Waals surface area contributed by atoms with E-state index in [0.29, 0.717) is 6.54 Å². The molecule has 6 heteroatoms. The van der Waals surface area contributed by atoms with Crippen molar-refractivity contribution in [2.45, 2.75) is 12.8 Å². The number of thiazole rings is 1. The second-order valence-corrected chi connectivity index (χ2v) is 6.32. The minimum atomic E-state index is -0.0968. The summed E-state index contributed by atoms with van der Waals surface area (Å²) in [5.41, 5.74) is 2.96. The van der Waals surface area contributed by atoms with Crippen molar-refractivity contribution in [2.24, 2.45) is 0 Å². The fourth-order valence-corrected chi connectivity index (χ4v) is 3.09. The number of hydrogen-bond donors (Lipinski definition) is 1. The van der Waals surface area contributed by atoms with E-state index >= 15 is 0 Å². The molecule has 3 heterocycles. The minimum absolute atomic E-state index is 0.0968. The van der Waals surface area contributed by atoms with Crippen LogP contribution in [0.15, 0.2) is 60.5 Å². The first-order valence-corrected chi connectivity index (χ1v) is 8.90. The normalized spacial score (nSPS) is 10.9. The van der Waals surface area contributed by atoms with Crippen LogP contribution in [0.1, 0.15) is 17.0 Å². The first-order chi connectivity index (χ1) is 12.3. The fraction of sp³-hybridized carbons (Fsp3) is 0.158. The highest BCUT2D eigenvalue weighted by molar-refractivity contribution is 7.09. The summed E-state index contributed by atoms with van der Waals surface area (Å²) in [6, 6.07) is 7.65. The van der Waals surface area contributed by atoms with E-state index < -0.39 is 0 Å². The highest BCUT2D eigenvalue weighted by atomic mass is 32.1. The maximum Gasteiger partial charge on any atom is 0.244 e. The van der Waals surface area contributed by atoms with E-state index in [1.807, 2.05) is 24.3 Å². The molecule has 3 aromatic heterocycles. The topological polar surface area (TPSA) is 67.8 Å². The summed E-state index contributed by atoms with van der Waals surface area (Å²) >= 11 is 1.65. The smallest absolute Gasteiger partial charge is 0.244 e. The van der Waals surface area contributed by atoms with Crippen LogP contribution in [0.3, 0.4) is 0 Å². The number of aromatic nitrogens is 3. The molecule has 0 spiro atoms. The van der Waals surface area contributed by atoms with E-state index in [-0.39, 0.29) is 5.91 Å². The van der Waals surface area contributed by atoms with E-state index in [1.165, 1.54) is 6.08 Å². The molecule has 5 nitrogen and oxygen atoms in total. The molecule has 1 amide bonds. The molecule has 0 saturated heterocycles. The summed E-state index contributed by atoms with van der Waals surface area (Å²) in [7, 11) is 0. The third-order valence-corrected chi connectivity index (χ3v) is 4.41. The molecule has 0 unspecified atom stereocenters. The van der Waals surface area contributed by atoms with Crippen LogP contribution in [-0.2, 0) is 11.2 Å². The third-order valence-electron chi connectivity index (χ3n) is 3.51. The van der Waals surface area contributed by atoms with E-state index in [4.69, 9.17) is 0 Å². The van der Waals surface area contributed by atoms with Gasteiger partial charge in [0.25, 0.3) is 0 Å². The van der Waals surface area contributed by atoms with Crippen molar-refractivity contribution < 1.29 is 4.79 Å². The number of carbonyl (C=O) groups is 1. The summed E-state index contributed by atoms with van der Waals surface area (Å²) in [5, 5.41) is 6.02. The molecule has 0 saturated carbocycles. The lowest BCUT2D eigenvalue weighted by Gasteiger charge is -2.00. The van der Waals surface area contributed by atoms with Gasteiger partial charge in [0.2, 0.25) is 5.91 Å². The van der Waals surface area contributed by atoms with E-state index in [2.05, 4.69) is 25.6 Å². The molecule has 0 fully saturated rings. The Morgan fingerprint density at radius 1 is 1.16 bits per heavy atom. The Bertz CT molecular complexity index is 831. The highest BCUT2D eigenvalue weighted by Crippen LogP contribution is 2.21. The molecule has 0 atom stereocenters. The first kappa shape index (κ1) is 17.0. The zero-order chi connectivity index (χ0) is 17.3. The Kier molecular flexibility index (Phi) is 6.01. The van der Waals surface area contributed by atoms with Gasteiger partial charge in [0.05, 0.1) is 10.7 Å². The number of pyridine rings is 2. The van der Waals surface area contributed by atoms with Crippen molar-refractivity contribution in [1.29, 1.82) is 0 Å². The molecular weight excluding hydrogens is 332 g/mol. The molecule has 3 rings (SSSR count). The molecule has 1 N–H and O–H groups in total. The number of nitrogens with zero attached hydrogens (tertiary/aromatic N) is 3. The Hall–Kier alpha value is -2.86. The van der Waals surface area contributed by atoms with Crippen molar-refractivity contribution in [3.05, 3.63) is 71.1 Å². The zero-order valence-corrected chi connectivity index (χ0v) is 14.4. The van der Waals surface area contributed by atoms with Crippen LogP contribution in [0.4, 0.5) is 0 Å². The molecule has 0 aliphatic rings. The van der Waals surface area contributed by atoms with Crippen LogP contribution in [0.2, 0.25) is 0 Å². The molecule has 3 aromatic rings. The highest BCUT2D eigenvalue weighted by Gasteiger charge is 2.04.